The molecule has 34 heavy (non-hydrogen) atoms. The summed E-state index contributed by atoms with van der Waals surface area (Å²) in [4.78, 5) is 18.0. The standard InChI is InChI=1S/C25H30N4O4S/c1-18-11-12-19(17-22(18)34(31,32)29-14-7-4-8-15-29)25(30)27-23(24-26-13-16-28(24)2)20-9-5-6-10-21(20)33-3/h5-6,9-13,16-17,23H,4,7-8,14-15H2,1-3H3,(H,27,30). The van der Waals surface area contributed by atoms with Crippen LogP contribution >= 0.6 is 0 Å². The van der Waals surface area contributed by atoms with Gasteiger partial charge in [-0.2, -0.15) is 4.31 Å². The summed E-state index contributed by atoms with van der Waals surface area (Å²) < 4.78 is 35.5. The summed E-state index contributed by atoms with van der Waals surface area (Å²) in [6.45, 7) is 2.77. The molecule has 0 aliphatic carbocycles. The van der Waals surface area contributed by atoms with Gasteiger partial charge in [0.2, 0.25) is 10.0 Å². The van der Waals surface area contributed by atoms with Crippen molar-refractivity contribution in [1.82, 2.24) is 19.2 Å². The van der Waals surface area contributed by atoms with Crippen molar-refractivity contribution in [3.63, 3.8) is 0 Å². The number of para-hydroxylation sites is 1. The number of methoxy groups -OCH3 is 1. The number of aromatic nitrogens is 2. The van der Waals surface area contributed by atoms with E-state index >= 15 is 0 Å². The lowest BCUT2D eigenvalue weighted by Crippen LogP contribution is -2.36. The van der Waals surface area contributed by atoms with Crippen LogP contribution in [0.3, 0.4) is 0 Å². The molecule has 1 atom stereocenters. The minimum Gasteiger partial charge on any atom is -0.496 e. The van der Waals surface area contributed by atoms with Crippen LogP contribution in [0.2, 0.25) is 0 Å². The normalized spacial score (nSPS) is 15.6. The van der Waals surface area contributed by atoms with Gasteiger partial charge in [0.15, 0.2) is 0 Å². The molecule has 2 aromatic carbocycles. The second-order valence-electron chi connectivity index (χ2n) is 8.49. The highest BCUT2D eigenvalue weighted by atomic mass is 32.2. The van der Waals surface area contributed by atoms with Crippen LogP contribution in [0.25, 0.3) is 0 Å². The molecule has 1 aliphatic heterocycles. The number of nitrogens with one attached hydrogen (secondary N) is 1. The van der Waals surface area contributed by atoms with E-state index in [0.717, 1.165) is 24.8 Å². The van der Waals surface area contributed by atoms with Crippen molar-refractivity contribution in [3.8, 4) is 5.75 Å². The second kappa shape index (κ2) is 9.99. The second-order valence-corrected chi connectivity index (χ2v) is 10.4. The number of hydrogen-bond acceptors (Lipinski definition) is 5. The number of sulfonamides is 1. The number of carbonyl (C=O) groups excluding carboxylic acids is 1. The number of imidazole rings is 1. The molecule has 4 rings (SSSR count). The van der Waals surface area contributed by atoms with Gasteiger partial charge in [0.05, 0.1) is 12.0 Å². The molecule has 8 nitrogen and oxygen atoms in total. The Hall–Kier alpha value is -3.17. The monoisotopic (exact) mass is 482 g/mol. The molecule has 1 amide bonds. The molecule has 0 bridgehead atoms. The maximum absolute atomic E-state index is 13.4. The lowest BCUT2D eigenvalue weighted by Gasteiger charge is -2.27. The number of rotatable bonds is 7. The van der Waals surface area contributed by atoms with E-state index in [1.54, 1.807) is 38.6 Å². The number of aryl methyl sites for hydroxylation is 2. The lowest BCUT2D eigenvalue weighted by atomic mass is 10.0. The average Bonchev–Trinajstić information content (AvgIpc) is 3.28. The number of ether oxygens (including phenoxy) is 1. The van der Waals surface area contributed by atoms with E-state index in [0.29, 0.717) is 30.2 Å². The van der Waals surface area contributed by atoms with Crippen molar-refractivity contribution < 1.29 is 17.9 Å². The number of piperidine rings is 1. The summed E-state index contributed by atoms with van der Waals surface area (Å²) in [5.41, 5.74) is 1.64. The zero-order valence-electron chi connectivity index (χ0n) is 19.7. The summed E-state index contributed by atoms with van der Waals surface area (Å²) in [7, 11) is -0.243. The van der Waals surface area contributed by atoms with E-state index in [-0.39, 0.29) is 10.5 Å². The Morgan fingerprint density at radius 1 is 1.12 bits per heavy atom. The van der Waals surface area contributed by atoms with Crippen LogP contribution in [0.5, 0.6) is 5.75 Å². The molecule has 1 saturated heterocycles. The molecule has 0 spiro atoms. The Bertz CT molecular complexity index is 1280. The Morgan fingerprint density at radius 3 is 2.53 bits per heavy atom. The number of carbonyl (C=O) groups is 1. The number of amides is 1. The zero-order valence-corrected chi connectivity index (χ0v) is 20.5. The first kappa shape index (κ1) is 24.0. The smallest absolute Gasteiger partial charge is 0.252 e. The molecule has 9 heteroatoms. The highest BCUT2D eigenvalue weighted by Crippen LogP contribution is 2.30. The molecule has 1 aliphatic rings. The van der Waals surface area contributed by atoms with Gasteiger partial charge in [-0.05, 0) is 43.5 Å². The van der Waals surface area contributed by atoms with E-state index in [2.05, 4.69) is 10.3 Å². The fourth-order valence-electron chi connectivity index (χ4n) is 4.32. The average molecular weight is 483 g/mol. The van der Waals surface area contributed by atoms with E-state index < -0.39 is 22.0 Å². The third-order valence-electron chi connectivity index (χ3n) is 6.23. The van der Waals surface area contributed by atoms with Crippen LogP contribution in [-0.4, -0.2) is 48.4 Å². The predicted molar refractivity (Wildman–Crippen MR) is 129 cm³/mol. The molecular weight excluding hydrogens is 452 g/mol. The van der Waals surface area contributed by atoms with Crippen molar-refractivity contribution in [2.45, 2.75) is 37.1 Å². The summed E-state index contributed by atoms with van der Waals surface area (Å²) in [6, 6.07) is 11.7. The van der Waals surface area contributed by atoms with Gasteiger partial charge in [0.1, 0.15) is 17.6 Å². The third kappa shape index (κ3) is 4.71. The summed E-state index contributed by atoms with van der Waals surface area (Å²) in [5.74, 6) is 0.855. The summed E-state index contributed by atoms with van der Waals surface area (Å²) >= 11 is 0. The lowest BCUT2D eigenvalue weighted by molar-refractivity contribution is 0.0940. The molecule has 0 radical (unpaired) electrons. The van der Waals surface area contributed by atoms with Crippen LogP contribution in [0.15, 0.2) is 59.8 Å². The molecule has 2 heterocycles. The van der Waals surface area contributed by atoms with E-state index in [9.17, 15) is 13.2 Å². The largest absolute Gasteiger partial charge is 0.496 e. The van der Waals surface area contributed by atoms with Crippen molar-refractivity contribution >= 4 is 15.9 Å². The van der Waals surface area contributed by atoms with Gasteiger partial charge in [-0.25, -0.2) is 13.4 Å². The Balaban J connectivity index is 1.69. The summed E-state index contributed by atoms with van der Waals surface area (Å²) in [5, 5.41) is 3.03. The van der Waals surface area contributed by atoms with Gasteiger partial charge >= 0.3 is 0 Å². The number of nitrogens with zero attached hydrogens (tertiary/aromatic N) is 3. The molecule has 180 valence electrons. The van der Waals surface area contributed by atoms with Crippen molar-refractivity contribution in [2.24, 2.45) is 7.05 Å². The molecular formula is C25H30N4O4S. The Labute approximate surface area is 200 Å². The van der Waals surface area contributed by atoms with Gasteiger partial charge in [-0.15, -0.1) is 0 Å². The molecule has 1 fully saturated rings. The molecule has 1 aromatic heterocycles. The van der Waals surface area contributed by atoms with Crippen molar-refractivity contribution in [2.75, 3.05) is 20.2 Å². The van der Waals surface area contributed by atoms with Gasteiger partial charge in [0.25, 0.3) is 5.91 Å². The highest BCUT2D eigenvalue weighted by Gasteiger charge is 2.29. The van der Waals surface area contributed by atoms with E-state index in [1.807, 2.05) is 35.9 Å². The highest BCUT2D eigenvalue weighted by molar-refractivity contribution is 7.89. The van der Waals surface area contributed by atoms with Crippen LogP contribution < -0.4 is 10.1 Å². The third-order valence-corrected chi connectivity index (χ3v) is 8.27. The van der Waals surface area contributed by atoms with Gasteiger partial charge in [0, 0.05) is 43.7 Å². The first-order valence-electron chi connectivity index (χ1n) is 11.3. The quantitative estimate of drug-likeness (QED) is 0.557. The Kier molecular flexibility index (Phi) is 7.04. The predicted octanol–water partition coefficient (Wildman–Crippen LogP) is 3.43. The minimum absolute atomic E-state index is 0.174. The maximum Gasteiger partial charge on any atom is 0.252 e. The summed E-state index contributed by atoms with van der Waals surface area (Å²) in [6.07, 6.45) is 6.20. The van der Waals surface area contributed by atoms with Crippen LogP contribution in [0, 0.1) is 6.92 Å². The van der Waals surface area contributed by atoms with Crippen LogP contribution in [-0.2, 0) is 17.1 Å². The molecule has 1 unspecified atom stereocenters. The topological polar surface area (TPSA) is 93.5 Å². The van der Waals surface area contributed by atoms with Gasteiger partial charge in [-0.1, -0.05) is 30.7 Å². The minimum atomic E-state index is -3.67. The van der Waals surface area contributed by atoms with Gasteiger partial charge in [-0.3, -0.25) is 4.79 Å². The molecule has 1 N–H and O–H groups in total. The first-order chi connectivity index (χ1) is 16.3. The van der Waals surface area contributed by atoms with E-state index in [4.69, 9.17) is 4.74 Å². The van der Waals surface area contributed by atoms with Crippen molar-refractivity contribution in [1.29, 1.82) is 0 Å². The SMILES string of the molecule is COc1ccccc1C(NC(=O)c1ccc(C)c(S(=O)(=O)N2CCCCC2)c1)c1nccn1C. The molecule has 0 saturated carbocycles. The maximum atomic E-state index is 13.4. The van der Waals surface area contributed by atoms with Crippen LogP contribution in [0.1, 0.15) is 52.6 Å². The van der Waals surface area contributed by atoms with E-state index in [1.165, 1.54) is 10.4 Å². The first-order valence-corrected chi connectivity index (χ1v) is 12.8. The number of benzene rings is 2. The van der Waals surface area contributed by atoms with Crippen LogP contribution in [0.4, 0.5) is 0 Å². The Morgan fingerprint density at radius 2 is 1.85 bits per heavy atom. The molecule has 3 aromatic rings. The fraction of sp³-hybridized carbons (Fsp3) is 0.360. The zero-order chi connectivity index (χ0) is 24.3. The number of hydrogen-bond donors (Lipinski definition) is 1. The fourth-order valence-corrected chi connectivity index (χ4v) is 6.09. The van der Waals surface area contributed by atoms with Crippen molar-refractivity contribution in [3.05, 3.63) is 77.4 Å². The van der Waals surface area contributed by atoms with Gasteiger partial charge < -0.3 is 14.6 Å².